The van der Waals surface area contributed by atoms with Crippen LogP contribution < -0.4 is 5.32 Å². The number of allylic oxidation sites excluding steroid dienone is 2. The molecule has 2 atom stereocenters. The number of carbonyl (C=O) groups is 1. The Balaban J connectivity index is 1.63. The molecule has 1 N–H and O–H groups in total. The standard InChI is InChI=1S/C20H17FN4O2/c1-11-22-20-23-15-9-13(17-3-2-8-27-17)10-16(26)18(15)19(25(20)24-11)12-4-6-14(21)7-5-12/h2-8,13,19H,9-10H2,1H3,(H,22,23,24)/t13-,19-/m0/s1. The molecule has 0 bridgehead atoms. The van der Waals surface area contributed by atoms with Gasteiger partial charge in [-0.05, 0) is 43.2 Å². The highest BCUT2D eigenvalue weighted by atomic mass is 19.1. The summed E-state index contributed by atoms with van der Waals surface area (Å²) in [6, 6.07) is 9.52. The van der Waals surface area contributed by atoms with Crippen molar-refractivity contribution in [1.29, 1.82) is 0 Å². The van der Waals surface area contributed by atoms with Gasteiger partial charge in [0.25, 0.3) is 0 Å². The van der Waals surface area contributed by atoms with E-state index in [-0.39, 0.29) is 17.5 Å². The first-order chi connectivity index (χ1) is 13.1. The Labute approximate surface area is 154 Å². The highest BCUT2D eigenvalue weighted by Crippen LogP contribution is 2.44. The normalized spacial score (nSPS) is 21.6. The molecule has 1 aliphatic carbocycles. The maximum Gasteiger partial charge on any atom is 0.226 e. The predicted molar refractivity (Wildman–Crippen MR) is 95.6 cm³/mol. The van der Waals surface area contributed by atoms with E-state index >= 15 is 0 Å². The first-order valence-corrected chi connectivity index (χ1v) is 8.85. The van der Waals surface area contributed by atoms with E-state index in [1.165, 1.54) is 12.1 Å². The van der Waals surface area contributed by atoms with Gasteiger partial charge in [0.15, 0.2) is 5.78 Å². The van der Waals surface area contributed by atoms with Crippen LogP contribution in [0.1, 0.15) is 41.9 Å². The minimum Gasteiger partial charge on any atom is -0.469 e. The van der Waals surface area contributed by atoms with E-state index in [0.29, 0.717) is 30.2 Å². The number of nitrogens with one attached hydrogen (secondary N) is 1. The summed E-state index contributed by atoms with van der Waals surface area (Å²) in [4.78, 5) is 17.6. The molecule has 7 heteroatoms. The average Bonchev–Trinajstić information content (AvgIpc) is 3.29. The second kappa shape index (κ2) is 5.90. The van der Waals surface area contributed by atoms with Gasteiger partial charge >= 0.3 is 0 Å². The number of fused-ring (bicyclic) bond motifs is 1. The van der Waals surface area contributed by atoms with Crippen molar-refractivity contribution in [3.05, 3.63) is 76.9 Å². The van der Waals surface area contributed by atoms with Crippen LogP contribution in [-0.2, 0) is 4.79 Å². The molecule has 0 spiro atoms. The van der Waals surface area contributed by atoms with E-state index in [1.807, 2.05) is 12.1 Å². The monoisotopic (exact) mass is 364 g/mol. The Kier molecular flexibility index (Phi) is 3.50. The van der Waals surface area contributed by atoms with Crippen molar-refractivity contribution in [2.45, 2.75) is 31.7 Å². The maximum atomic E-state index is 13.4. The van der Waals surface area contributed by atoms with Gasteiger partial charge in [-0.15, -0.1) is 0 Å². The van der Waals surface area contributed by atoms with E-state index in [1.54, 1.807) is 30.0 Å². The van der Waals surface area contributed by atoms with Crippen LogP contribution in [0.2, 0.25) is 0 Å². The van der Waals surface area contributed by atoms with Crippen LogP contribution in [0.4, 0.5) is 10.3 Å². The lowest BCUT2D eigenvalue weighted by molar-refractivity contribution is -0.117. The molecule has 3 heterocycles. The summed E-state index contributed by atoms with van der Waals surface area (Å²) in [6.07, 6.45) is 2.65. The minimum atomic E-state index is -0.414. The third-order valence-electron chi connectivity index (χ3n) is 5.16. The number of Topliss-reactive ketones (excluding diaryl/α,β-unsaturated/α-hetero) is 1. The van der Waals surface area contributed by atoms with Crippen LogP contribution in [0.15, 0.2) is 58.3 Å². The Bertz CT molecular complexity index is 1050. The average molecular weight is 364 g/mol. The maximum absolute atomic E-state index is 13.4. The number of benzene rings is 1. The number of hydrogen-bond donors (Lipinski definition) is 1. The Morgan fingerprint density at radius 1 is 1.22 bits per heavy atom. The fourth-order valence-electron chi connectivity index (χ4n) is 4.00. The molecule has 3 aromatic rings. The van der Waals surface area contributed by atoms with E-state index in [4.69, 9.17) is 4.42 Å². The van der Waals surface area contributed by atoms with Crippen LogP contribution in [0.3, 0.4) is 0 Å². The summed E-state index contributed by atoms with van der Waals surface area (Å²) in [6.45, 7) is 1.81. The summed E-state index contributed by atoms with van der Waals surface area (Å²) in [5.41, 5.74) is 2.31. The number of nitrogens with zero attached hydrogens (tertiary/aromatic N) is 3. The zero-order valence-electron chi connectivity index (χ0n) is 14.6. The summed E-state index contributed by atoms with van der Waals surface area (Å²) in [7, 11) is 0. The number of hydrogen-bond acceptors (Lipinski definition) is 5. The molecule has 6 nitrogen and oxygen atoms in total. The molecule has 0 unspecified atom stereocenters. The van der Waals surface area contributed by atoms with Gasteiger partial charge in [0, 0.05) is 23.6 Å². The van der Waals surface area contributed by atoms with Crippen LogP contribution in [0.5, 0.6) is 0 Å². The molecule has 0 radical (unpaired) electrons. The van der Waals surface area contributed by atoms with Gasteiger partial charge in [-0.3, -0.25) is 4.79 Å². The smallest absolute Gasteiger partial charge is 0.226 e. The van der Waals surface area contributed by atoms with Crippen LogP contribution in [0.25, 0.3) is 0 Å². The van der Waals surface area contributed by atoms with Gasteiger partial charge in [0.2, 0.25) is 5.95 Å². The highest BCUT2D eigenvalue weighted by molar-refractivity contribution is 6.00. The first-order valence-electron chi connectivity index (χ1n) is 8.85. The number of aromatic nitrogens is 3. The number of ketones is 1. The second-order valence-corrected chi connectivity index (χ2v) is 6.94. The van der Waals surface area contributed by atoms with Gasteiger partial charge < -0.3 is 9.73 Å². The topological polar surface area (TPSA) is 73.0 Å². The zero-order chi connectivity index (χ0) is 18.5. The number of aryl methyl sites for hydroxylation is 1. The van der Waals surface area contributed by atoms with Crippen LogP contribution in [0, 0.1) is 12.7 Å². The molecule has 0 amide bonds. The van der Waals surface area contributed by atoms with Gasteiger partial charge in [0.1, 0.15) is 23.4 Å². The lowest BCUT2D eigenvalue weighted by Crippen LogP contribution is -2.33. The van der Waals surface area contributed by atoms with E-state index in [0.717, 1.165) is 17.0 Å². The molecule has 136 valence electrons. The Morgan fingerprint density at radius 2 is 2.04 bits per heavy atom. The van der Waals surface area contributed by atoms with E-state index in [2.05, 4.69) is 15.4 Å². The van der Waals surface area contributed by atoms with Crippen LogP contribution >= 0.6 is 0 Å². The molecule has 5 rings (SSSR count). The molecule has 0 saturated carbocycles. The molecular weight excluding hydrogens is 347 g/mol. The van der Waals surface area contributed by atoms with Gasteiger partial charge in [-0.25, -0.2) is 9.07 Å². The van der Waals surface area contributed by atoms with Crippen molar-refractivity contribution < 1.29 is 13.6 Å². The molecule has 1 aliphatic heterocycles. The van der Waals surface area contributed by atoms with E-state index < -0.39 is 6.04 Å². The summed E-state index contributed by atoms with van der Waals surface area (Å²) in [5.74, 6) is 1.72. The Morgan fingerprint density at radius 3 is 2.78 bits per heavy atom. The quantitative estimate of drug-likeness (QED) is 0.750. The fourth-order valence-corrected chi connectivity index (χ4v) is 4.00. The van der Waals surface area contributed by atoms with Crippen molar-refractivity contribution in [2.75, 3.05) is 5.32 Å². The highest BCUT2D eigenvalue weighted by Gasteiger charge is 2.40. The summed E-state index contributed by atoms with van der Waals surface area (Å²) >= 11 is 0. The van der Waals surface area contributed by atoms with Crippen molar-refractivity contribution in [1.82, 2.24) is 14.8 Å². The number of rotatable bonds is 2. The SMILES string of the molecule is Cc1nc2n(n1)[C@@H](c1ccc(F)cc1)C1=C(C[C@H](c3ccco3)CC1=O)N2. The van der Waals surface area contributed by atoms with Gasteiger partial charge in [0.05, 0.1) is 6.26 Å². The van der Waals surface area contributed by atoms with Gasteiger partial charge in [-0.1, -0.05) is 12.1 Å². The third-order valence-corrected chi connectivity index (χ3v) is 5.16. The lowest BCUT2D eigenvalue weighted by atomic mass is 9.79. The number of halogens is 1. The molecular formula is C20H17FN4O2. The molecule has 2 aromatic heterocycles. The number of anilines is 1. The first kappa shape index (κ1) is 16.0. The predicted octanol–water partition coefficient (Wildman–Crippen LogP) is 3.73. The molecule has 0 saturated heterocycles. The molecule has 2 aliphatic rings. The minimum absolute atomic E-state index is 0.0109. The zero-order valence-corrected chi connectivity index (χ0v) is 14.6. The summed E-state index contributed by atoms with van der Waals surface area (Å²) in [5, 5.41) is 7.76. The van der Waals surface area contributed by atoms with Crippen molar-refractivity contribution >= 4 is 11.7 Å². The van der Waals surface area contributed by atoms with Crippen LogP contribution in [-0.4, -0.2) is 20.5 Å². The van der Waals surface area contributed by atoms with Crippen molar-refractivity contribution in [3.63, 3.8) is 0 Å². The third kappa shape index (κ3) is 2.58. The molecule has 1 aromatic carbocycles. The molecule has 27 heavy (non-hydrogen) atoms. The van der Waals surface area contributed by atoms with E-state index in [9.17, 15) is 9.18 Å². The largest absolute Gasteiger partial charge is 0.469 e. The van der Waals surface area contributed by atoms with Crippen molar-refractivity contribution in [2.24, 2.45) is 0 Å². The fraction of sp³-hybridized carbons (Fsp3) is 0.250. The Hall–Kier alpha value is -3.22. The number of furan rings is 1. The summed E-state index contributed by atoms with van der Waals surface area (Å²) < 4.78 is 20.7. The van der Waals surface area contributed by atoms with Gasteiger partial charge in [-0.2, -0.15) is 10.1 Å². The molecule has 0 fully saturated rings. The number of carbonyl (C=O) groups excluding carboxylic acids is 1. The lowest BCUT2D eigenvalue weighted by Gasteiger charge is -2.34. The second-order valence-electron chi connectivity index (χ2n) is 6.94. The van der Waals surface area contributed by atoms with Crippen molar-refractivity contribution in [3.8, 4) is 0 Å².